The molecule has 0 saturated carbocycles. The van der Waals surface area contributed by atoms with Gasteiger partial charge in [-0.2, -0.15) is 0 Å². The van der Waals surface area contributed by atoms with Crippen molar-refractivity contribution in [2.24, 2.45) is 0 Å². The highest BCUT2D eigenvalue weighted by Gasteiger charge is 1.93. The van der Waals surface area contributed by atoms with Gasteiger partial charge in [0.05, 0.1) is 13.2 Å². The molecule has 0 aromatic rings. The van der Waals surface area contributed by atoms with Crippen molar-refractivity contribution in [3.05, 3.63) is 0 Å². The van der Waals surface area contributed by atoms with Gasteiger partial charge in [0.25, 0.3) is 0 Å². The molecule has 0 aliphatic heterocycles. The van der Waals surface area contributed by atoms with Crippen LogP contribution in [0.2, 0.25) is 0 Å². The second-order valence-electron chi connectivity index (χ2n) is 5.48. The molecule has 3 nitrogen and oxygen atoms in total. The van der Waals surface area contributed by atoms with Crippen molar-refractivity contribution in [2.45, 2.75) is 77.6 Å². The Kier molecular flexibility index (Phi) is 18.8. The molecule has 0 rings (SSSR count). The Morgan fingerprint density at radius 2 is 1.00 bits per heavy atom. The molecule has 0 spiro atoms. The standard InChI is InChI=1S/C17H36O3/c1-2-3-4-5-6-7-8-9-10-11-14-19-16-17-20-15-12-13-18/h18H,2-17H2,1H3. The minimum absolute atomic E-state index is 0.208. The predicted octanol–water partition coefficient (Wildman–Crippen LogP) is 4.32. The van der Waals surface area contributed by atoms with E-state index >= 15 is 0 Å². The lowest BCUT2D eigenvalue weighted by molar-refractivity contribution is 0.0413. The van der Waals surface area contributed by atoms with E-state index < -0.39 is 0 Å². The third-order valence-electron chi connectivity index (χ3n) is 3.46. The molecule has 0 aliphatic rings. The summed E-state index contributed by atoms with van der Waals surface area (Å²) in [6.07, 6.45) is 14.3. The number of hydrogen-bond acceptors (Lipinski definition) is 3. The monoisotopic (exact) mass is 288 g/mol. The van der Waals surface area contributed by atoms with E-state index in [1.54, 1.807) is 0 Å². The fourth-order valence-electron chi connectivity index (χ4n) is 2.18. The van der Waals surface area contributed by atoms with Crippen LogP contribution in [0.1, 0.15) is 77.6 Å². The van der Waals surface area contributed by atoms with Crippen LogP contribution in [0.25, 0.3) is 0 Å². The van der Waals surface area contributed by atoms with Gasteiger partial charge in [-0.3, -0.25) is 0 Å². The smallest absolute Gasteiger partial charge is 0.0700 e. The molecular formula is C17H36O3. The minimum Gasteiger partial charge on any atom is -0.396 e. The summed E-state index contributed by atoms with van der Waals surface area (Å²) in [7, 11) is 0. The van der Waals surface area contributed by atoms with E-state index in [-0.39, 0.29) is 6.61 Å². The third-order valence-corrected chi connectivity index (χ3v) is 3.46. The van der Waals surface area contributed by atoms with E-state index in [0.29, 0.717) is 19.8 Å². The summed E-state index contributed by atoms with van der Waals surface area (Å²) >= 11 is 0. The predicted molar refractivity (Wildman–Crippen MR) is 85.2 cm³/mol. The summed E-state index contributed by atoms with van der Waals surface area (Å²) in [6, 6.07) is 0. The molecule has 0 heterocycles. The molecule has 0 bridgehead atoms. The molecule has 0 unspecified atom stereocenters. The van der Waals surface area contributed by atoms with Gasteiger partial charge in [0, 0.05) is 19.8 Å². The van der Waals surface area contributed by atoms with Crippen LogP contribution in [-0.4, -0.2) is 38.1 Å². The Hall–Kier alpha value is -0.120. The van der Waals surface area contributed by atoms with E-state index in [9.17, 15) is 0 Å². The first-order chi connectivity index (χ1) is 9.91. The Bertz CT molecular complexity index is 144. The van der Waals surface area contributed by atoms with Crippen molar-refractivity contribution < 1.29 is 14.6 Å². The van der Waals surface area contributed by atoms with E-state index in [1.807, 2.05) is 0 Å². The van der Waals surface area contributed by atoms with Crippen LogP contribution >= 0.6 is 0 Å². The molecule has 0 atom stereocenters. The second-order valence-corrected chi connectivity index (χ2v) is 5.48. The van der Waals surface area contributed by atoms with Crippen LogP contribution in [0.4, 0.5) is 0 Å². The highest BCUT2D eigenvalue weighted by Crippen LogP contribution is 2.10. The number of rotatable bonds is 17. The molecule has 0 aromatic heterocycles. The maximum absolute atomic E-state index is 8.57. The second kappa shape index (κ2) is 18.9. The maximum atomic E-state index is 8.57. The lowest BCUT2D eigenvalue weighted by Crippen LogP contribution is -2.06. The quantitative estimate of drug-likeness (QED) is 0.405. The molecule has 0 amide bonds. The zero-order valence-corrected chi connectivity index (χ0v) is 13.6. The van der Waals surface area contributed by atoms with E-state index in [1.165, 1.54) is 64.2 Å². The van der Waals surface area contributed by atoms with Gasteiger partial charge in [-0.1, -0.05) is 64.7 Å². The topological polar surface area (TPSA) is 38.7 Å². The minimum atomic E-state index is 0.208. The van der Waals surface area contributed by atoms with Crippen molar-refractivity contribution in [1.82, 2.24) is 0 Å². The summed E-state index contributed by atoms with van der Waals surface area (Å²) in [5.41, 5.74) is 0. The van der Waals surface area contributed by atoms with Gasteiger partial charge in [-0.25, -0.2) is 0 Å². The SMILES string of the molecule is CCCCCCCCCCCCOCCOCCCO. The summed E-state index contributed by atoms with van der Waals surface area (Å²) in [4.78, 5) is 0. The molecule has 0 aromatic carbocycles. The maximum Gasteiger partial charge on any atom is 0.0700 e. The van der Waals surface area contributed by atoms with Gasteiger partial charge in [0.15, 0.2) is 0 Å². The highest BCUT2D eigenvalue weighted by molar-refractivity contribution is 4.47. The van der Waals surface area contributed by atoms with E-state index in [2.05, 4.69) is 6.92 Å². The average Bonchev–Trinajstić information content (AvgIpc) is 2.47. The first kappa shape index (κ1) is 19.9. The lowest BCUT2D eigenvalue weighted by atomic mass is 10.1. The number of aliphatic hydroxyl groups is 1. The normalized spacial score (nSPS) is 11.1. The fourth-order valence-corrected chi connectivity index (χ4v) is 2.18. The first-order valence-corrected chi connectivity index (χ1v) is 8.68. The fraction of sp³-hybridized carbons (Fsp3) is 1.00. The number of ether oxygens (including phenoxy) is 2. The highest BCUT2D eigenvalue weighted by atomic mass is 16.5. The van der Waals surface area contributed by atoms with Gasteiger partial charge in [-0.15, -0.1) is 0 Å². The Morgan fingerprint density at radius 1 is 0.550 bits per heavy atom. The van der Waals surface area contributed by atoms with Gasteiger partial charge < -0.3 is 14.6 Å². The van der Waals surface area contributed by atoms with Crippen molar-refractivity contribution >= 4 is 0 Å². The largest absolute Gasteiger partial charge is 0.396 e. The van der Waals surface area contributed by atoms with E-state index in [4.69, 9.17) is 14.6 Å². The Balaban J connectivity index is 2.89. The van der Waals surface area contributed by atoms with Crippen LogP contribution in [0, 0.1) is 0 Å². The molecule has 0 radical (unpaired) electrons. The van der Waals surface area contributed by atoms with Gasteiger partial charge in [0.2, 0.25) is 0 Å². The van der Waals surface area contributed by atoms with Gasteiger partial charge >= 0.3 is 0 Å². The molecular weight excluding hydrogens is 252 g/mol. The summed E-state index contributed by atoms with van der Waals surface area (Å²) in [6.45, 7) is 5.31. The zero-order chi connectivity index (χ0) is 14.7. The van der Waals surface area contributed by atoms with Crippen molar-refractivity contribution in [1.29, 1.82) is 0 Å². The average molecular weight is 288 g/mol. The number of hydrogen-bond donors (Lipinski definition) is 1. The molecule has 122 valence electrons. The van der Waals surface area contributed by atoms with Crippen LogP contribution in [0.3, 0.4) is 0 Å². The van der Waals surface area contributed by atoms with Gasteiger partial charge in [0.1, 0.15) is 0 Å². The molecule has 3 heteroatoms. The van der Waals surface area contributed by atoms with Gasteiger partial charge in [-0.05, 0) is 12.8 Å². The molecule has 20 heavy (non-hydrogen) atoms. The third kappa shape index (κ3) is 17.9. The summed E-state index contributed by atoms with van der Waals surface area (Å²) in [5.74, 6) is 0. The Morgan fingerprint density at radius 3 is 1.50 bits per heavy atom. The van der Waals surface area contributed by atoms with Crippen LogP contribution < -0.4 is 0 Å². The lowest BCUT2D eigenvalue weighted by Gasteiger charge is -2.05. The number of unbranched alkanes of at least 4 members (excludes halogenated alkanes) is 9. The van der Waals surface area contributed by atoms with Crippen LogP contribution in [-0.2, 0) is 9.47 Å². The summed E-state index contributed by atoms with van der Waals surface area (Å²) < 4.78 is 10.8. The van der Waals surface area contributed by atoms with E-state index in [0.717, 1.165) is 13.0 Å². The Labute approximate surface area is 126 Å². The summed E-state index contributed by atoms with van der Waals surface area (Å²) in [5, 5.41) is 8.57. The zero-order valence-electron chi connectivity index (χ0n) is 13.6. The molecule has 0 saturated heterocycles. The molecule has 0 aliphatic carbocycles. The molecule has 0 fully saturated rings. The number of aliphatic hydroxyl groups excluding tert-OH is 1. The van der Waals surface area contributed by atoms with Crippen LogP contribution in [0.15, 0.2) is 0 Å². The van der Waals surface area contributed by atoms with Crippen molar-refractivity contribution in [3.8, 4) is 0 Å². The van der Waals surface area contributed by atoms with Crippen molar-refractivity contribution in [3.63, 3.8) is 0 Å². The van der Waals surface area contributed by atoms with Crippen molar-refractivity contribution in [2.75, 3.05) is 33.0 Å². The van der Waals surface area contributed by atoms with Crippen LogP contribution in [0.5, 0.6) is 0 Å². The first-order valence-electron chi connectivity index (χ1n) is 8.68. The molecule has 1 N–H and O–H groups in total.